The number of aryl methyl sites for hydroxylation is 2. The van der Waals surface area contributed by atoms with E-state index < -0.39 is 10.0 Å². The number of benzene rings is 1. The summed E-state index contributed by atoms with van der Waals surface area (Å²) in [5.41, 5.74) is 1.76. The normalized spacial score (nSPS) is 20.1. The summed E-state index contributed by atoms with van der Waals surface area (Å²) in [5, 5.41) is 2.66. The molecule has 104 valence electrons. The monoisotopic (exact) mass is 282 g/mol. The first-order valence-electron chi connectivity index (χ1n) is 6.25. The molecule has 0 bridgehead atoms. The number of sulfonamides is 1. The molecular formula is C13H18N2O3S. The molecule has 6 heteroatoms. The van der Waals surface area contributed by atoms with Crippen molar-refractivity contribution in [1.29, 1.82) is 0 Å². The van der Waals surface area contributed by atoms with Crippen LogP contribution in [0.1, 0.15) is 24.0 Å². The lowest BCUT2D eigenvalue weighted by Gasteiger charge is -2.23. The van der Waals surface area contributed by atoms with Crippen molar-refractivity contribution < 1.29 is 13.2 Å². The second-order valence-corrected chi connectivity index (χ2v) is 6.61. The van der Waals surface area contributed by atoms with Crippen molar-refractivity contribution in [2.75, 3.05) is 6.54 Å². The molecule has 5 nitrogen and oxygen atoms in total. The van der Waals surface area contributed by atoms with Crippen LogP contribution in [0.3, 0.4) is 0 Å². The highest BCUT2D eigenvalue weighted by Gasteiger charge is 2.25. The molecular weight excluding hydrogens is 264 g/mol. The maximum atomic E-state index is 12.3. The van der Waals surface area contributed by atoms with Crippen LogP contribution in [0.15, 0.2) is 23.1 Å². The Morgan fingerprint density at radius 1 is 1.32 bits per heavy atom. The summed E-state index contributed by atoms with van der Waals surface area (Å²) < 4.78 is 27.2. The average molecular weight is 282 g/mol. The average Bonchev–Trinajstić information content (AvgIpc) is 2.31. The predicted octanol–water partition coefficient (Wildman–Crippen LogP) is 0.860. The molecule has 0 radical (unpaired) electrons. The van der Waals surface area contributed by atoms with Crippen LogP contribution < -0.4 is 10.0 Å². The van der Waals surface area contributed by atoms with Crippen LogP contribution in [0.25, 0.3) is 0 Å². The SMILES string of the molecule is Cc1ccc(S(=O)(=O)NC2CCC(=O)NC2)c(C)c1. The van der Waals surface area contributed by atoms with Crippen LogP contribution in [0.2, 0.25) is 0 Å². The van der Waals surface area contributed by atoms with Gasteiger partial charge in [-0.3, -0.25) is 4.79 Å². The zero-order valence-electron chi connectivity index (χ0n) is 11.1. The zero-order valence-corrected chi connectivity index (χ0v) is 11.9. The van der Waals surface area contributed by atoms with Crippen molar-refractivity contribution in [3.63, 3.8) is 0 Å². The van der Waals surface area contributed by atoms with E-state index >= 15 is 0 Å². The molecule has 2 rings (SSSR count). The van der Waals surface area contributed by atoms with Crippen LogP contribution in [0, 0.1) is 13.8 Å². The smallest absolute Gasteiger partial charge is 0.241 e. The molecule has 1 aromatic rings. The van der Waals surface area contributed by atoms with Crippen LogP contribution in [0.4, 0.5) is 0 Å². The molecule has 1 amide bonds. The van der Waals surface area contributed by atoms with Gasteiger partial charge in [-0.05, 0) is 31.9 Å². The van der Waals surface area contributed by atoms with Gasteiger partial charge < -0.3 is 5.32 Å². The Labute approximate surface area is 113 Å². The number of rotatable bonds is 3. The Balaban J connectivity index is 2.16. The molecule has 0 aromatic heterocycles. The van der Waals surface area contributed by atoms with E-state index in [1.807, 2.05) is 13.0 Å². The molecule has 1 heterocycles. The second-order valence-electron chi connectivity index (χ2n) is 4.93. The van der Waals surface area contributed by atoms with Crippen molar-refractivity contribution >= 4 is 15.9 Å². The quantitative estimate of drug-likeness (QED) is 0.863. The Hall–Kier alpha value is -1.40. The van der Waals surface area contributed by atoms with E-state index in [1.165, 1.54) is 0 Å². The van der Waals surface area contributed by atoms with Crippen molar-refractivity contribution in [2.24, 2.45) is 0 Å². The van der Waals surface area contributed by atoms with E-state index in [0.29, 0.717) is 24.3 Å². The standard InChI is InChI=1S/C13H18N2O3S/c1-9-3-5-12(10(2)7-9)19(17,18)15-11-4-6-13(16)14-8-11/h3,5,7,11,15H,4,6,8H2,1-2H3,(H,14,16). The molecule has 1 fully saturated rings. The molecule has 19 heavy (non-hydrogen) atoms. The highest BCUT2D eigenvalue weighted by molar-refractivity contribution is 7.89. The first-order valence-corrected chi connectivity index (χ1v) is 7.73. The number of carbonyl (C=O) groups excluding carboxylic acids is 1. The highest BCUT2D eigenvalue weighted by Crippen LogP contribution is 2.17. The summed E-state index contributed by atoms with van der Waals surface area (Å²) in [6, 6.07) is 5.01. The number of amides is 1. The van der Waals surface area contributed by atoms with Crippen LogP contribution in [-0.2, 0) is 14.8 Å². The van der Waals surface area contributed by atoms with Gasteiger partial charge in [0.15, 0.2) is 0 Å². The summed E-state index contributed by atoms with van der Waals surface area (Å²) in [5.74, 6) is -0.0260. The van der Waals surface area contributed by atoms with Gasteiger partial charge in [0.1, 0.15) is 0 Å². The fourth-order valence-corrected chi connectivity index (χ4v) is 3.71. The lowest BCUT2D eigenvalue weighted by molar-refractivity contribution is -0.122. The first-order chi connectivity index (χ1) is 8.88. The van der Waals surface area contributed by atoms with Gasteiger partial charge in [-0.25, -0.2) is 13.1 Å². The number of piperidine rings is 1. The third kappa shape index (κ3) is 3.33. The van der Waals surface area contributed by atoms with Crippen molar-refractivity contribution in [3.8, 4) is 0 Å². The molecule has 1 atom stereocenters. The van der Waals surface area contributed by atoms with Gasteiger partial charge in [0.2, 0.25) is 15.9 Å². The molecule has 1 aliphatic rings. The summed E-state index contributed by atoms with van der Waals surface area (Å²) >= 11 is 0. The number of hydrogen-bond donors (Lipinski definition) is 2. The molecule has 0 aliphatic carbocycles. The summed E-state index contributed by atoms with van der Waals surface area (Å²) in [6.45, 7) is 4.06. The molecule has 1 saturated heterocycles. The molecule has 1 aromatic carbocycles. The van der Waals surface area contributed by atoms with E-state index in [0.717, 1.165) is 11.1 Å². The number of hydrogen-bond acceptors (Lipinski definition) is 3. The minimum absolute atomic E-state index is 0.0260. The lowest BCUT2D eigenvalue weighted by atomic mass is 10.1. The van der Waals surface area contributed by atoms with Gasteiger partial charge in [-0.1, -0.05) is 17.7 Å². The first kappa shape index (κ1) is 14.0. The van der Waals surface area contributed by atoms with Gasteiger partial charge in [0.05, 0.1) is 4.90 Å². The van der Waals surface area contributed by atoms with Gasteiger partial charge >= 0.3 is 0 Å². The van der Waals surface area contributed by atoms with Crippen molar-refractivity contribution in [2.45, 2.75) is 37.6 Å². The Bertz CT molecular complexity index is 586. The van der Waals surface area contributed by atoms with E-state index in [9.17, 15) is 13.2 Å². The molecule has 1 unspecified atom stereocenters. The van der Waals surface area contributed by atoms with Gasteiger partial charge in [0.25, 0.3) is 0 Å². The third-order valence-electron chi connectivity index (χ3n) is 3.21. The van der Waals surface area contributed by atoms with Gasteiger partial charge in [-0.15, -0.1) is 0 Å². The van der Waals surface area contributed by atoms with Crippen molar-refractivity contribution in [3.05, 3.63) is 29.3 Å². The predicted molar refractivity (Wildman–Crippen MR) is 72.3 cm³/mol. The zero-order chi connectivity index (χ0) is 14.0. The van der Waals surface area contributed by atoms with Crippen LogP contribution in [0.5, 0.6) is 0 Å². The Kier molecular flexibility index (Phi) is 3.91. The van der Waals surface area contributed by atoms with Crippen LogP contribution in [-0.4, -0.2) is 26.9 Å². The molecule has 0 spiro atoms. The third-order valence-corrected chi connectivity index (χ3v) is 4.89. The number of carbonyl (C=O) groups is 1. The van der Waals surface area contributed by atoms with Gasteiger partial charge in [0, 0.05) is 19.0 Å². The molecule has 1 aliphatic heterocycles. The van der Waals surface area contributed by atoms with Crippen LogP contribution >= 0.6 is 0 Å². The highest BCUT2D eigenvalue weighted by atomic mass is 32.2. The lowest BCUT2D eigenvalue weighted by Crippen LogP contribution is -2.47. The van der Waals surface area contributed by atoms with E-state index in [2.05, 4.69) is 10.0 Å². The van der Waals surface area contributed by atoms with Crippen molar-refractivity contribution in [1.82, 2.24) is 10.0 Å². The maximum Gasteiger partial charge on any atom is 0.241 e. The summed E-state index contributed by atoms with van der Waals surface area (Å²) in [4.78, 5) is 11.3. The fourth-order valence-electron chi connectivity index (χ4n) is 2.22. The molecule has 0 saturated carbocycles. The topological polar surface area (TPSA) is 75.3 Å². The summed E-state index contributed by atoms with van der Waals surface area (Å²) in [6.07, 6.45) is 0.899. The Morgan fingerprint density at radius 3 is 2.63 bits per heavy atom. The van der Waals surface area contributed by atoms with E-state index in [1.54, 1.807) is 19.1 Å². The minimum atomic E-state index is -3.53. The second kappa shape index (κ2) is 5.30. The summed E-state index contributed by atoms with van der Waals surface area (Å²) in [7, 11) is -3.53. The Morgan fingerprint density at radius 2 is 2.05 bits per heavy atom. The van der Waals surface area contributed by atoms with E-state index in [-0.39, 0.29) is 11.9 Å². The minimum Gasteiger partial charge on any atom is -0.355 e. The fraction of sp³-hybridized carbons (Fsp3) is 0.462. The number of nitrogens with one attached hydrogen (secondary N) is 2. The van der Waals surface area contributed by atoms with Gasteiger partial charge in [-0.2, -0.15) is 0 Å². The van der Waals surface area contributed by atoms with E-state index in [4.69, 9.17) is 0 Å². The molecule has 2 N–H and O–H groups in total. The maximum absolute atomic E-state index is 12.3. The largest absolute Gasteiger partial charge is 0.355 e.